The maximum absolute atomic E-state index is 12.1. The molecule has 2 heterocycles. The third-order valence-corrected chi connectivity index (χ3v) is 4.92. The first kappa shape index (κ1) is 14.7. The summed E-state index contributed by atoms with van der Waals surface area (Å²) in [7, 11) is 0. The summed E-state index contributed by atoms with van der Waals surface area (Å²) >= 11 is 3.36. The predicted octanol–water partition coefficient (Wildman–Crippen LogP) is 3.63. The molecule has 1 aliphatic heterocycles. The lowest BCUT2D eigenvalue weighted by Gasteiger charge is -2.28. The summed E-state index contributed by atoms with van der Waals surface area (Å²) in [5, 5.41) is 1.97. The molecule has 2 rings (SSSR count). The van der Waals surface area contributed by atoms with Crippen molar-refractivity contribution in [3.8, 4) is 0 Å². The van der Waals surface area contributed by atoms with Crippen LogP contribution in [-0.4, -0.2) is 39.9 Å². The molecule has 0 aliphatic carbocycles. The second kappa shape index (κ2) is 6.13. The van der Waals surface area contributed by atoms with Gasteiger partial charge in [0.1, 0.15) is 9.94 Å². The first-order chi connectivity index (χ1) is 8.96. The number of ether oxygens (including phenoxy) is 1. The standard InChI is InChI=1S/C13H20N2O2S2/c1-13(2,3)17-12(16)15-7-4-5-10(15)9-19-11-14-6-8-18-11/h6,8,10H,4-5,7,9H2,1-3H3/t10-/m0/s1. The highest BCUT2D eigenvalue weighted by Gasteiger charge is 2.32. The number of aromatic nitrogens is 1. The molecular formula is C13H20N2O2S2. The molecule has 0 bridgehead atoms. The van der Waals surface area contributed by atoms with Crippen molar-refractivity contribution < 1.29 is 9.53 Å². The Bertz CT molecular complexity index is 415. The van der Waals surface area contributed by atoms with Gasteiger partial charge in [-0.15, -0.1) is 11.3 Å². The van der Waals surface area contributed by atoms with E-state index in [0.29, 0.717) is 0 Å². The Hall–Kier alpha value is -0.750. The molecular weight excluding hydrogens is 280 g/mol. The Kier molecular flexibility index (Phi) is 4.73. The Morgan fingerprint density at radius 3 is 3.05 bits per heavy atom. The molecule has 1 aromatic rings. The highest BCUT2D eigenvalue weighted by Crippen LogP contribution is 2.28. The molecule has 1 atom stereocenters. The summed E-state index contributed by atoms with van der Waals surface area (Å²) in [5.41, 5.74) is -0.424. The van der Waals surface area contributed by atoms with Gasteiger partial charge in [0.05, 0.1) is 0 Å². The van der Waals surface area contributed by atoms with Gasteiger partial charge >= 0.3 is 6.09 Å². The second-order valence-corrected chi connectivity index (χ2v) is 7.74. The van der Waals surface area contributed by atoms with Crippen LogP contribution >= 0.6 is 23.1 Å². The molecule has 1 aliphatic rings. The average Bonchev–Trinajstić information content (AvgIpc) is 2.95. The van der Waals surface area contributed by atoms with E-state index in [4.69, 9.17) is 4.74 Å². The van der Waals surface area contributed by atoms with Gasteiger partial charge in [-0.25, -0.2) is 9.78 Å². The lowest BCUT2D eigenvalue weighted by atomic mass is 10.2. The number of carbonyl (C=O) groups excluding carboxylic acids is 1. The highest BCUT2D eigenvalue weighted by molar-refractivity contribution is 8.01. The molecule has 19 heavy (non-hydrogen) atoms. The smallest absolute Gasteiger partial charge is 0.410 e. The van der Waals surface area contributed by atoms with Crippen molar-refractivity contribution in [1.82, 2.24) is 9.88 Å². The summed E-state index contributed by atoms with van der Waals surface area (Å²) in [6, 6.07) is 0.267. The lowest BCUT2D eigenvalue weighted by molar-refractivity contribution is 0.0242. The van der Waals surface area contributed by atoms with Gasteiger partial charge in [-0.1, -0.05) is 11.8 Å². The Labute approximate surface area is 122 Å². The van der Waals surface area contributed by atoms with Crippen molar-refractivity contribution >= 4 is 29.2 Å². The molecule has 0 N–H and O–H groups in total. The molecule has 6 heteroatoms. The third kappa shape index (κ3) is 4.38. The van der Waals surface area contributed by atoms with Gasteiger partial charge in [-0.05, 0) is 33.6 Å². The SMILES string of the molecule is CC(C)(C)OC(=O)N1CCC[C@H]1CSc1nccs1. The lowest BCUT2D eigenvalue weighted by Crippen LogP contribution is -2.40. The maximum atomic E-state index is 12.1. The molecule has 0 unspecified atom stereocenters. The van der Waals surface area contributed by atoms with Crippen molar-refractivity contribution in [2.45, 2.75) is 49.6 Å². The Morgan fingerprint density at radius 2 is 2.42 bits per heavy atom. The summed E-state index contributed by atoms with van der Waals surface area (Å²) in [6.07, 6.45) is 3.74. The van der Waals surface area contributed by atoms with Crippen LogP contribution in [0.25, 0.3) is 0 Å². The van der Waals surface area contributed by atoms with E-state index in [1.807, 2.05) is 37.2 Å². The second-order valence-electron chi connectivity index (χ2n) is 5.58. The molecule has 0 spiro atoms. The molecule has 1 amide bonds. The number of thioether (sulfide) groups is 1. The summed E-state index contributed by atoms with van der Waals surface area (Å²) in [5.74, 6) is 0.896. The molecule has 1 fully saturated rings. The number of hydrogen-bond donors (Lipinski definition) is 0. The molecule has 106 valence electrons. The fourth-order valence-corrected chi connectivity index (χ4v) is 3.84. The van der Waals surface area contributed by atoms with Crippen LogP contribution in [0.2, 0.25) is 0 Å². The molecule has 0 saturated carbocycles. The predicted molar refractivity (Wildman–Crippen MR) is 78.8 cm³/mol. The van der Waals surface area contributed by atoms with E-state index in [-0.39, 0.29) is 12.1 Å². The van der Waals surface area contributed by atoms with Crippen LogP contribution in [0.3, 0.4) is 0 Å². The van der Waals surface area contributed by atoms with Crippen LogP contribution in [-0.2, 0) is 4.74 Å². The number of hydrogen-bond acceptors (Lipinski definition) is 5. The van der Waals surface area contributed by atoms with E-state index in [9.17, 15) is 4.79 Å². The zero-order valence-corrected chi connectivity index (χ0v) is 13.2. The van der Waals surface area contributed by atoms with Crippen molar-refractivity contribution in [3.05, 3.63) is 11.6 Å². The number of rotatable bonds is 3. The zero-order valence-electron chi connectivity index (χ0n) is 11.6. The topological polar surface area (TPSA) is 42.4 Å². The van der Waals surface area contributed by atoms with E-state index in [2.05, 4.69) is 4.98 Å². The number of likely N-dealkylation sites (tertiary alicyclic amines) is 1. The van der Waals surface area contributed by atoms with Gasteiger partial charge in [0.2, 0.25) is 0 Å². The van der Waals surface area contributed by atoms with Gasteiger partial charge < -0.3 is 9.64 Å². The number of nitrogens with zero attached hydrogens (tertiary/aromatic N) is 2. The molecule has 0 aromatic carbocycles. The van der Waals surface area contributed by atoms with Crippen LogP contribution in [0.1, 0.15) is 33.6 Å². The Morgan fingerprint density at radius 1 is 1.63 bits per heavy atom. The quantitative estimate of drug-likeness (QED) is 0.799. The zero-order chi connectivity index (χ0) is 13.9. The van der Waals surface area contributed by atoms with Crippen LogP contribution in [0.5, 0.6) is 0 Å². The van der Waals surface area contributed by atoms with Crippen LogP contribution in [0, 0.1) is 0 Å². The van der Waals surface area contributed by atoms with E-state index < -0.39 is 5.60 Å². The first-order valence-corrected chi connectivity index (χ1v) is 8.34. The number of thiazole rings is 1. The monoisotopic (exact) mass is 300 g/mol. The van der Waals surface area contributed by atoms with Crippen molar-refractivity contribution in [2.75, 3.05) is 12.3 Å². The van der Waals surface area contributed by atoms with Crippen molar-refractivity contribution in [1.29, 1.82) is 0 Å². The highest BCUT2D eigenvalue weighted by atomic mass is 32.2. The van der Waals surface area contributed by atoms with Gasteiger partial charge in [-0.2, -0.15) is 0 Å². The normalized spacial score (nSPS) is 19.7. The fourth-order valence-electron chi connectivity index (χ4n) is 2.02. The molecule has 4 nitrogen and oxygen atoms in total. The van der Waals surface area contributed by atoms with Crippen LogP contribution in [0.15, 0.2) is 15.9 Å². The van der Waals surface area contributed by atoms with E-state index >= 15 is 0 Å². The molecule has 0 radical (unpaired) electrons. The third-order valence-electron chi connectivity index (χ3n) is 2.81. The minimum absolute atomic E-state index is 0.185. The van der Waals surface area contributed by atoms with Gasteiger partial charge in [0.15, 0.2) is 0 Å². The van der Waals surface area contributed by atoms with E-state index in [1.54, 1.807) is 23.1 Å². The molecule has 1 aromatic heterocycles. The summed E-state index contributed by atoms with van der Waals surface area (Å²) < 4.78 is 6.52. The van der Waals surface area contributed by atoms with Crippen molar-refractivity contribution in [2.24, 2.45) is 0 Å². The van der Waals surface area contributed by atoms with Crippen LogP contribution < -0.4 is 0 Å². The number of amides is 1. The van der Waals surface area contributed by atoms with E-state index in [1.165, 1.54) is 0 Å². The minimum Gasteiger partial charge on any atom is -0.444 e. The first-order valence-electron chi connectivity index (χ1n) is 6.47. The molecule has 1 saturated heterocycles. The van der Waals surface area contributed by atoms with E-state index in [0.717, 1.165) is 29.5 Å². The van der Waals surface area contributed by atoms with Crippen molar-refractivity contribution in [3.63, 3.8) is 0 Å². The van der Waals surface area contributed by atoms with Gasteiger partial charge in [0.25, 0.3) is 0 Å². The van der Waals surface area contributed by atoms with Crippen LogP contribution in [0.4, 0.5) is 4.79 Å². The number of carbonyl (C=O) groups is 1. The van der Waals surface area contributed by atoms with Gasteiger partial charge in [-0.3, -0.25) is 0 Å². The minimum atomic E-state index is -0.424. The average molecular weight is 300 g/mol. The summed E-state index contributed by atoms with van der Waals surface area (Å²) in [6.45, 7) is 6.51. The van der Waals surface area contributed by atoms with Gasteiger partial charge in [0, 0.05) is 29.9 Å². The fraction of sp³-hybridized carbons (Fsp3) is 0.692. The maximum Gasteiger partial charge on any atom is 0.410 e. The largest absolute Gasteiger partial charge is 0.444 e. The summed E-state index contributed by atoms with van der Waals surface area (Å²) in [4.78, 5) is 18.2. The Balaban J connectivity index is 1.87.